The van der Waals surface area contributed by atoms with Crippen molar-refractivity contribution in [1.29, 1.82) is 0 Å². The number of para-hydroxylation sites is 1. The third-order valence-corrected chi connectivity index (χ3v) is 8.54. The van der Waals surface area contributed by atoms with Gasteiger partial charge in [-0.1, -0.05) is 54.8 Å². The Kier molecular flexibility index (Phi) is 11.0. The van der Waals surface area contributed by atoms with Gasteiger partial charge in [-0.2, -0.15) is 10.2 Å². The summed E-state index contributed by atoms with van der Waals surface area (Å²) in [6.45, 7) is 8.15. The minimum atomic E-state index is -0.0780. The SMILES string of the molecule is C=C/C=N\c1c(C=O)c(N)nn1C.CNC(C)c1cc2cccc(C#Cc3cnn(C)c3C3CN(CCO)C3)c2c(=O)n1-c1ccccc1. The van der Waals surface area contributed by atoms with Gasteiger partial charge in [-0.05, 0) is 43.6 Å². The highest BCUT2D eigenvalue weighted by Crippen LogP contribution is 2.29. The maximum absolute atomic E-state index is 14.0. The van der Waals surface area contributed by atoms with Gasteiger partial charge < -0.3 is 16.2 Å². The molecule has 3 aromatic heterocycles. The first-order valence-corrected chi connectivity index (χ1v) is 15.9. The molecule has 4 heterocycles. The van der Waals surface area contributed by atoms with E-state index in [4.69, 9.17) is 5.73 Å². The molecule has 252 valence electrons. The number of likely N-dealkylation sites (tertiary alicyclic amines) is 1. The van der Waals surface area contributed by atoms with Crippen LogP contribution in [0.15, 0.2) is 83.2 Å². The monoisotopic (exact) mass is 659 g/mol. The standard InChI is InChI=1S/C29H31N5O2.C8H10N4O/c1-20(30-2)26-16-22-9-7-8-21(27(22)29(36)34(26)25-10-5-4-6-11-25)12-13-23-17-31-32(3)28(23)24-18-33(19-24)14-15-35;1-3-4-10-8-6(5-13)7(9)11-12(8)2/h4-11,16-17,20,24,30,35H,14-15,18-19H2,1-3H3;3-5H,1H2,2H3,(H2,9,11)/b;10-4-. The second-order valence-electron chi connectivity index (χ2n) is 11.7. The van der Waals surface area contributed by atoms with Crippen LogP contribution < -0.4 is 16.6 Å². The average Bonchev–Trinajstić information content (AvgIpc) is 3.59. The van der Waals surface area contributed by atoms with Crippen molar-refractivity contribution in [2.45, 2.75) is 18.9 Å². The number of nitrogens with zero attached hydrogens (tertiary/aromatic N) is 7. The highest BCUT2D eigenvalue weighted by molar-refractivity contribution is 5.90. The summed E-state index contributed by atoms with van der Waals surface area (Å²) in [4.78, 5) is 30.7. The topological polar surface area (TPSA) is 149 Å². The molecule has 5 aromatic rings. The molecule has 0 aliphatic carbocycles. The molecule has 2 aromatic carbocycles. The number of nitrogens with one attached hydrogen (secondary N) is 1. The molecule has 12 nitrogen and oxygen atoms in total. The number of hydrogen-bond donors (Lipinski definition) is 3. The number of aromatic nitrogens is 5. The predicted octanol–water partition coefficient (Wildman–Crippen LogP) is 3.50. The van der Waals surface area contributed by atoms with Gasteiger partial charge in [0.1, 0.15) is 5.56 Å². The molecule has 0 bridgehead atoms. The van der Waals surface area contributed by atoms with Crippen molar-refractivity contribution in [3.05, 3.63) is 112 Å². The van der Waals surface area contributed by atoms with Crippen LogP contribution in [0, 0.1) is 11.8 Å². The first-order chi connectivity index (χ1) is 23.7. The number of rotatable bonds is 9. The minimum absolute atomic E-state index is 0.0112. The Balaban J connectivity index is 0.000000304. The summed E-state index contributed by atoms with van der Waals surface area (Å²) in [6.07, 6.45) is 5.43. The van der Waals surface area contributed by atoms with Crippen molar-refractivity contribution in [3.63, 3.8) is 0 Å². The Morgan fingerprint density at radius 2 is 1.86 bits per heavy atom. The summed E-state index contributed by atoms with van der Waals surface area (Å²) < 4.78 is 5.12. The fourth-order valence-corrected chi connectivity index (χ4v) is 5.97. The van der Waals surface area contributed by atoms with E-state index >= 15 is 0 Å². The zero-order valence-corrected chi connectivity index (χ0v) is 28.2. The molecule has 1 unspecified atom stereocenters. The van der Waals surface area contributed by atoms with E-state index in [0.29, 0.717) is 41.1 Å². The number of nitrogen functional groups attached to an aromatic ring is 1. The number of aldehydes is 1. The first kappa shape index (κ1) is 34.7. The fourth-order valence-electron chi connectivity index (χ4n) is 5.97. The van der Waals surface area contributed by atoms with E-state index in [0.717, 1.165) is 41.1 Å². The van der Waals surface area contributed by atoms with E-state index in [9.17, 15) is 14.7 Å². The molecule has 49 heavy (non-hydrogen) atoms. The van der Waals surface area contributed by atoms with Crippen LogP contribution in [0.4, 0.5) is 11.6 Å². The van der Waals surface area contributed by atoms with Crippen LogP contribution in [0.3, 0.4) is 0 Å². The smallest absolute Gasteiger partial charge is 0.264 e. The molecule has 6 rings (SSSR count). The lowest BCUT2D eigenvalue weighted by atomic mass is 9.93. The summed E-state index contributed by atoms with van der Waals surface area (Å²) >= 11 is 0. The summed E-state index contributed by atoms with van der Waals surface area (Å²) in [6, 6.07) is 17.6. The van der Waals surface area contributed by atoms with Crippen molar-refractivity contribution >= 4 is 34.9 Å². The zero-order valence-electron chi connectivity index (χ0n) is 28.2. The Bertz CT molecular complexity index is 2110. The average molecular weight is 660 g/mol. The van der Waals surface area contributed by atoms with E-state index in [1.54, 1.807) is 17.8 Å². The van der Waals surface area contributed by atoms with Crippen molar-refractivity contribution < 1.29 is 9.90 Å². The number of nitrogens with two attached hydrogens (primary N) is 1. The number of aliphatic imine (C=N–C) groups is 1. The lowest BCUT2D eigenvalue weighted by Crippen LogP contribution is -2.47. The fraction of sp³-hybridized carbons (Fsp3) is 0.270. The lowest BCUT2D eigenvalue weighted by molar-refractivity contribution is 0.112. The van der Waals surface area contributed by atoms with E-state index in [1.807, 2.05) is 67.3 Å². The summed E-state index contributed by atoms with van der Waals surface area (Å²) in [5.74, 6) is 7.57. The molecule has 0 amide bonds. The van der Waals surface area contributed by atoms with Crippen molar-refractivity contribution in [1.82, 2.24) is 34.3 Å². The van der Waals surface area contributed by atoms with Crippen LogP contribution in [-0.4, -0.2) is 79.9 Å². The van der Waals surface area contributed by atoms with Crippen molar-refractivity contribution in [2.24, 2.45) is 19.1 Å². The third kappa shape index (κ3) is 7.29. The highest BCUT2D eigenvalue weighted by atomic mass is 16.3. The van der Waals surface area contributed by atoms with Gasteiger partial charge in [-0.25, -0.2) is 9.67 Å². The number of carbonyl (C=O) groups excluding carboxylic acids is 1. The molecule has 4 N–H and O–H groups in total. The largest absolute Gasteiger partial charge is 0.395 e. The molecule has 0 spiro atoms. The Morgan fingerprint density at radius 3 is 2.53 bits per heavy atom. The molecule has 1 aliphatic rings. The van der Waals surface area contributed by atoms with Gasteiger partial charge in [0, 0.05) is 68.8 Å². The summed E-state index contributed by atoms with van der Waals surface area (Å²) in [7, 11) is 5.50. The maximum atomic E-state index is 14.0. The molecule has 12 heteroatoms. The van der Waals surface area contributed by atoms with Crippen LogP contribution in [0.25, 0.3) is 16.5 Å². The molecular weight excluding hydrogens is 618 g/mol. The van der Waals surface area contributed by atoms with Gasteiger partial charge in [0.25, 0.3) is 5.56 Å². The van der Waals surface area contributed by atoms with Gasteiger partial charge in [-0.3, -0.25) is 23.7 Å². The van der Waals surface area contributed by atoms with Crippen molar-refractivity contribution in [2.75, 3.05) is 39.0 Å². The third-order valence-electron chi connectivity index (χ3n) is 8.54. The van der Waals surface area contributed by atoms with Crippen LogP contribution in [0.2, 0.25) is 0 Å². The van der Waals surface area contributed by atoms with E-state index in [2.05, 4.69) is 56.8 Å². The van der Waals surface area contributed by atoms with Crippen molar-refractivity contribution in [3.8, 4) is 17.5 Å². The minimum Gasteiger partial charge on any atom is -0.395 e. The molecule has 1 saturated heterocycles. The first-order valence-electron chi connectivity index (χ1n) is 15.9. The van der Waals surface area contributed by atoms with Crippen LogP contribution in [0.5, 0.6) is 0 Å². The molecule has 0 saturated carbocycles. The Labute approximate surface area is 285 Å². The number of β-amino-alcohol motifs (C(OH)–C–C–N with tert-alkyl or cyclic N) is 1. The lowest BCUT2D eigenvalue weighted by Gasteiger charge is -2.39. The number of fused-ring (bicyclic) bond motifs is 1. The zero-order chi connectivity index (χ0) is 35.1. The number of aryl methyl sites for hydroxylation is 2. The number of anilines is 1. The number of aliphatic hydroxyl groups is 1. The van der Waals surface area contributed by atoms with Gasteiger partial charge in [0.15, 0.2) is 17.9 Å². The molecule has 1 fully saturated rings. The van der Waals surface area contributed by atoms with E-state index in [-0.39, 0.29) is 24.0 Å². The maximum Gasteiger partial charge on any atom is 0.264 e. The van der Waals surface area contributed by atoms with Crippen LogP contribution in [-0.2, 0) is 14.1 Å². The molecule has 1 atom stereocenters. The number of benzene rings is 2. The normalized spacial score (nSPS) is 13.7. The molecule has 1 aliphatic heterocycles. The van der Waals surface area contributed by atoms with E-state index in [1.165, 1.54) is 17.0 Å². The number of pyridine rings is 1. The van der Waals surface area contributed by atoms with Gasteiger partial charge in [0.05, 0.1) is 29.4 Å². The number of hydrogen-bond acceptors (Lipinski definition) is 9. The van der Waals surface area contributed by atoms with Gasteiger partial charge in [0.2, 0.25) is 0 Å². The molecule has 0 radical (unpaired) electrons. The Hall–Kier alpha value is -5.61. The second kappa shape index (κ2) is 15.5. The van der Waals surface area contributed by atoms with Gasteiger partial charge >= 0.3 is 0 Å². The van der Waals surface area contributed by atoms with Crippen LogP contribution in [0.1, 0.15) is 51.8 Å². The van der Waals surface area contributed by atoms with E-state index < -0.39 is 0 Å². The quantitative estimate of drug-likeness (QED) is 0.124. The number of carbonyl (C=O) groups is 1. The number of aliphatic hydroxyl groups excluding tert-OH is 1. The van der Waals surface area contributed by atoms with Gasteiger partial charge in [-0.15, -0.1) is 0 Å². The predicted molar refractivity (Wildman–Crippen MR) is 194 cm³/mol. The second-order valence-corrected chi connectivity index (χ2v) is 11.7. The summed E-state index contributed by atoms with van der Waals surface area (Å²) in [5, 5.41) is 22.3. The highest BCUT2D eigenvalue weighted by Gasteiger charge is 2.31. The summed E-state index contributed by atoms with van der Waals surface area (Å²) in [5.41, 5.74) is 10.1. The molecular formula is C37H41N9O3. The number of allylic oxidation sites excluding steroid dienone is 1. The van der Waals surface area contributed by atoms with Crippen LogP contribution >= 0.6 is 0 Å². The Morgan fingerprint density at radius 1 is 1.12 bits per heavy atom.